The fraction of sp³-hybridized carbons (Fsp3) is 0.625. The molecule has 0 aromatic carbocycles. The molecule has 7 radical (unpaired) electrons. The molecule has 1 aromatic rings. The van der Waals surface area contributed by atoms with Crippen LogP contribution in [0.2, 0.25) is 0 Å². The number of amides is 8. The zero-order valence-corrected chi connectivity index (χ0v) is 59.6. The Labute approximate surface area is 567 Å². The van der Waals surface area contributed by atoms with Gasteiger partial charge in [-0.15, -0.1) is 0 Å². The van der Waals surface area contributed by atoms with Gasteiger partial charge in [-0.25, -0.2) is 17.3 Å². The summed E-state index contributed by atoms with van der Waals surface area (Å²) in [4.78, 5) is 129. The van der Waals surface area contributed by atoms with E-state index in [9.17, 15) is 65.4 Å². The number of likely N-dealkylation sites (tertiary alicyclic amines) is 1. The Morgan fingerprint density at radius 3 is 1.07 bits per heavy atom. The predicted molar refractivity (Wildman–Crippen MR) is 349 cm³/mol. The summed E-state index contributed by atoms with van der Waals surface area (Å²) in [6.45, 7) is 21.6. The zero-order valence-electron chi connectivity index (χ0n) is 49.6. The van der Waals surface area contributed by atoms with E-state index in [-0.39, 0.29) is 67.7 Å². The minimum absolute atomic E-state index is 0. The van der Waals surface area contributed by atoms with Crippen LogP contribution in [0.4, 0.5) is 28.8 Å². The van der Waals surface area contributed by atoms with Gasteiger partial charge in [0.05, 0.1) is 34.7 Å². The number of fused-ring (bicyclic) bond motifs is 1. The van der Waals surface area contributed by atoms with Crippen LogP contribution < -0.4 is 10.5 Å². The second-order valence-corrected chi connectivity index (χ2v) is 20.6. The van der Waals surface area contributed by atoms with Gasteiger partial charge >= 0.3 is 104 Å². The summed E-state index contributed by atoms with van der Waals surface area (Å²) in [5.74, 6) is 1.29. The third kappa shape index (κ3) is 92.8. The normalized spacial score (nSPS) is 10.8. The van der Waals surface area contributed by atoms with Gasteiger partial charge in [-0.2, -0.15) is 0 Å². The molecule has 1 saturated heterocycles. The van der Waals surface area contributed by atoms with Crippen LogP contribution in [0.15, 0.2) is 5.86 Å². The molecule has 86 heavy (non-hydrogen) atoms. The van der Waals surface area contributed by atoms with Gasteiger partial charge in [0.15, 0.2) is 22.2 Å². The number of nitrogens with zero attached hydrogens (tertiary/aromatic N) is 6. The molecule has 46 heteroatoms. The van der Waals surface area contributed by atoms with E-state index in [0.717, 1.165) is 19.5 Å². The van der Waals surface area contributed by atoms with Gasteiger partial charge in [-0.1, -0.05) is 27.7 Å². The smallest absolute Gasteiger partial charge is 0 e. The number of carbonyl (C=O) groups is 12. The third-order valence-electron chi connectivity index (χ3n) is 7.13. The summed E-state index contributed by atoms with van der Waals surface area (Å²) < 4.78 is 49.2. The number of primary amides is 1. The molecule has 3 unspecified atom stereocenters. The van der Waals surface area contributed by atoms with Crippen LogP contribution >= 0.6 is 116 Å². The van der Waals surface area contributed by atoms with Crippen LogP contribution in [0.5, 0.6) is 0 Å². The number of hydrogen-bond acceptors (Lipinski definition) is 19. The van der Waals surface area contributed by atoms with Crippen molar-refractivity contribution >= 4 is 259 Å². The maximum Gasteiger partial charge on any atom is 0 e. The van der Waals surface area contributed by atoms with Crippen molar-refractivity contribution in [3.8, 4) is 0 Å². The van der Waals surface area contributed by atoms with Crippen LogP contribution in [-0.4, -0.2) is 253 Å². The predicted octanol–water partition coefficient (Wildman–Crippen LogP) is 5.52. The molecule has 2 aliphatic rings. The van der Waals surface area contributed by atoms with Gasteiger partial charge < -0.3 is 35.0 Å². The molecule has 0 aliphatic carbocycles. The molecule has 3 atom stereocenters. The van der Waals surface area contributed by atoms with Crippen LogP contribution in [0.3, 0.4) is 0 Å². The Morgan fingerprint density at radius 1 is 0.593 bits per heavy atom. The van der Waals surface area contributed by atoms with E-state index in [0.29, 0.717) is 13.1 Å². The topological polar surface area (TPSA) is 350 Å². The maximum atomic E-state index is 10.8. The second-order valence-electron chi connectivity index (χ2n) is 13.4. The average molecular weight is 1480 g/mol. The minimum Gasteiger partial charge on any atom is 0 e. The minimum atomic E-state index is -1.79. The number of nitrogens with two attached hydrogens (primary N) is 1. The summed E-state index contributed by atoms with van der Waals surface area (Å²) in [7, 11) is 19.3. The zero-order chi connectivity index (χ0) is 69.7. The van der Waals surface area contributed by atoms with Gasteiger partial charge in [0, 0.05) is 93.0 Å². The molecule has 2 aliphatic heterocycles. The summed E-state index contributed by atoms with van der Waals surface area (Å²) in [6.07, 6.45) is 1.11. The van der Waals surface area contributed by atoms with Crippen molar-refractivity contribution in [1.82, 2.24) is 34.1 Å². The molecule has 0 saturated carbocycles. The molecule has 1 aromatic heterocycles. The molecule has 27 nitrogen and oxygen atoms in total. The Balaban J connectivity index is -0.0000000810. The van der Waals surface area contributed by atoms with E-state index in [1.165, 1.54) is 93.8 Å². The van der Waals surface area contributed by atoms with E-state index in [2.05, 4.69) is 61.7 Å². The molecule has 0 bridgehead atoms. The van der Waals surface area contributed by atoms with Crippen molar-refractivity contribution in [3.05, 3.63) is 16.8 Å². The number of rotatable bonds is 14. The summed E-state index contributed by atoms with van der Waals surface area (Å²) in [5.41, 5.74) is 6.64. The standard InChI is InChI=1S/C6H5B3ClNO.2C6H11ClN2O2.C4H6ClNO.2C3H5ClO3S.C3H5ClO2.C2H4ClNO3S.C2H3ClO.2C2H6.CH2ClNO.B2.B/c10-6(12)11-1-4-5(2-11)9-8-3-7-4;2*1-5(10)8(2)4-9(3)6(7)11;5-4(7)6-2-1-3-6;2*1-7-8(6)2-3(4)5;1-6-2-3(4)5;1-7-8(6)4-2(3)5;1-2(3)4;2*1-2;2-1(3)4;1-2;/h3H,1-2H2;2*4H2,1-3H3;1-3H2;2*2H2,1H3;2H2,1H3;1H3,(H,4,5);1H3;2*1-2H3;(H2,3,4);;. The first-order valence-electron chi connectivity index (χ1n) is 22.7. The Morgan fingerprint density at radius 2 is 0.919 bits per heavy atom. The third-order valence-corrected chi connectivity index (χ3v) is 11.5. The van der Waals surface area contributed by atoms with E-state index in [1.807, 2.05) is 54.1 Å². The maximum absolute atomic E-state index is 10.8. The van der Waals surface area contributed by atoms with Crippen molar-refractivity contribution in [2.75, 3.05) is 101 Å². The number of hydrogen-bond donors (Lipinski definition) is 2. The van der Waals surface area contributed by atoms with Crippen molar-refractivity contribution < 1.29 is 87.4 Å². The van der Waals surface area contributed by atoms with Crippen LogP contribution in [0, 0.1) is 0 Å². The molecule has 8 amide bonds. The van der Waals surface area contributed by atoms with Gasteiger partial charge in [0.2, 0.25) is 32.8 Å². The first-order chi connectivity index (χ1) is 39.2. The van der Waals surface area contributed by atoms with Gasteiger partial charge in [0.25, 0.3) is 11.3 Å². The van der Waals surface area contributed by atoms with E-state index in [4.69, 9.17) is 97.6 Å². The van der Waals surface area contributed by atoms with Gasteiger partial charge in [0.1, 0.15) is 18.1 Å². The quantitative estimate of drug-likeness (QED) is 0.100. The van der Waals surface area contributed by atoms with Crippen molar-refractivity contribution in [2.24, 2.45) is 5.73 Å². The van der Waals surface area contributed by atoms with Gasteiger partial charge in [-0.3, -0.25) is 65.3 Å². The Bertz CT molecular complexity index is 1990. The molecular formula is C40H69B6Cl10N8O19S3. The molecule has 489 valence electrons. The van der Waals surface area contributed by atoms with E-state index >= 15 is 0 Å². The second kappa shape index (κ2) is 75.1. The summed E-state index contributed by atoms with van der Waals surface area (Å²) >= 11 is 44.1. The molecule has 3 N–H and O–H groups in total. The molecule has 1 fully saturated rings. The van der Waals surface area contributed by atoms with Crippen LogP contribution in [0.25, 0.3) is 0 Å². The number of nitrogens with one attached hydrogen (secondary N) is 1. The largest absolute Gasteiger partial charge is 0 e. The van der Waals surface area contributed by atoms with Crippen LogP contribution in [-0.2, 0) is 92.6 Å². The van der Waals surface area contributed by atoms with E-state index in [1.54, 1.807) is 28.6 Å². The van der Waals surface area contributed by atoms with Gasteiger partial charge in [-0.05, 0) is 111 Å². The first kappa shape index (κ1) is 108. The fourth-order valence-electron chi connectivity index (χ4n) is 3.42. The number of methoxy groups -OCH3 is 1. The number of carbonyl (C=O) groups excluding carboxylic acids is 12. The van der Waals surface area contributed by atoms with E-state index < -0.39 is 70.6 Å². The summed E-state index contributed by atoms with van der Waals surface area (Å²) in [6, 6.07) is 0. The Kier molecular flexibility index (Phi) is 94.5. The van der Waals surface area contributed by atoms with Crippen molar-refractivity contribution in [1.29, 1.82) is 0 Å². The van der Waals surface area contributed by atoms with Crippen molar-refractivity contribution in [3.63, 3.8) is 0 Å². The number of halogens is 10. The van der Waals surface area contributed by atoms with Crippen LogP contribution in [0.1, 0.15) is 65.8 Å². The fourth-order valence-corrected chi connectivity index (χ4v) is 5.47. The molecule has 3 heterocycles. The monoisotopic (exact) mass is 1480 g/mol. The number of ether oxygens (including phenoxy) is 1. The molecule has 3 rings (SSSR count). The Hall–Kier alpha value is -2.37. The van der Waals surface area contributed by atoms with Crippen molar-refractivity contribution in [2.45, 2.75) is 68.0 Å². The first-order valence-corrected chi connectivity index (χ1v) is 30.0. The molecular weight excluding hydrogens is 1410 g/mol. The molecule has 0 spiro atoms. The summed E-state index contributed by atoms with van der Waals surface area (Å²) in [5, 5.41) is -5.70. The SMILES string of the molecule is CC.CC.CC(=O)Cl.CC(=O)N(C)CN(C)C(=O)Cl.CC(=O)N(C)CN(C)C(=O)Cl.COCC(=O)Cl.COS(=O)CC(=O)Cl.COS(=O)CC(=O)Cl.COS(=O)NC(=O)Cl.NC(=O)Cl.O=C(Cl)N1CCC1.O=C(Cl)N1Cc2bbcbc2C1.[B].[B][B]. The average Bonchev–Trinajstić information content (AvgIpc) is 3.83.